The van der Waals surface area contributed by atoms with Crippen molar-refractivity contribution in [3.05, 3.63) is 52.0 Å². The molecule has 0 unspecified atom stereocenters. The van der Waals surface area contributed by atoms with E-state index in [0.29, 0.717) is 11.3 Å². The second-order valence-corrected chi connectivity index (χ2v) is 7.27. The Labute approximate surface area is 169 Å². The van der Waals surface area contributed by atoms with Gasteiger partial charge in [-0.05, 0) is 29.8 Å². The summed E-state index contributed by atoms with van der Waals surface area (Å²) in [6.07, 6.45) is -4.74. The maximum Gasteiger partial charge on any atom is 0.573 e. The average Bonchev–Trinajstić information content (AvgIpc) is 2.65. The van der Waals surface area contributed by atoms with Gasteiger partial charge in [0.15, 0.2) is 11.5 Å². The number of piperazine rings is 1. The first-order valence-electron chi connectivity index (χ1n) is 8.65. The first-order chi connectivity index (χ1) is 13.3. The van der Waals surface area contributed by atoms with Gasteiger partial charge in [-0.25, -0.2) is 0 Å². The van der Waals surface area contributed by atoms with Crippen LogP contribution in [0.1, 0.15) is 17.2 Å². The van der Waals surface area contributed by atoms with Crippen LogP contribution in [0.15, 0.2) is 40.9 Å². The zero-order chi connectivity index (χ0) is 20.3. The molecule has 1 aliphatic rings. The van der Waals surface area contributed by atoms with Crippen LogP contribution in [0.5, 0.6) is 17.2 Å². The van der Waals surface area contributed by atoms with Crippen molar-refractivity contribution in [2.24, 2.45) is 0 Å². The molecule has 1 saturated heterocycles. The molecular formula is C19H20BrF3N2O3. The molecule has 2 aromatic rings. The second-order valence-electron chi connectivity index (χ2n) is 6.35. The van der Waals surface area contributed by atoms with E-state index in [9.17, 15) is 18.3 Å². The van der Waals surface area contributed by atoms with Crippen molar-refractivity contribution in [2.75, 3.05) is 33.3 Å². The molecule has 0 radical (unpaired) electrons. The SMILES string of the molecule is COc1cc(Br)cc([C@H](c2ccc(OC(F)(F)F)cc2)N2CCNCC2)c1O. The van der Waals surface area contributed by atoms with Gasteiger partial charge in [0.2, 0.25) is 0 Å². The van der Waals surface area contributed by atoms with Crippen molar-refractivity contribution in [1.82, 2.24) is 10.2 Å². The van der Waals surface area contributed by atoms with Crippen molar-refractivity contribution < 1.29 is 27.8 Å². The summed E-state index contributed by atoms with van der Waals surface area (Å²) >= 11 is 3.43. The molecule has 0 aliphatic carbocycles. The van der Waals surface area contributed by atoms with Gasteiger partial charge in [0, 0.05) is 36.2 Å². The average molecular weight is 461 g/mol. The fourth-order valence-corrected chi connectivity index (χ4v) is 3.79. The molecule has 0 saturated carbocycles. The molecule has 9 heteroatoms. The Bertz CT molecular complexity index is 809. The molecule has 0 aromatic heterocycles. The largest absolute Gasteiger partial charge is 0.573 e. The molecule has 0 spiro atoms. The van der Waals surface area contributed by atoms with Crippen LogP contribution < -0.4 is 14.8 Å². The minimum atomic E-state index is -4.74. The van der Waals surface area contributed by atoms with Gasteiger partial charge in [-0.15, -0.1) is 13.2 Å². The Morgan fingerprint density at radius 2 is 1.79 bits per heavy atom. The third-order valence-electron chi connectivity index (χ3n) is 4.53. The Morgan fingerprint density at radius 1 is 1.14 bits per heavy atom. The first-order valence-corrected chi connectivity index (χ1v) is 9.44. The number of rotatable bonds is 5. The van der Waals surface area contributed by atoms with Gasteiger partial charge < -0.3 is 19.9 Å². The number of benzene rings is 2. The minimum absolute atomic E-state index is 0.00449. The number of aromatic hydroxyl groups is 1. The molecule has 1 atom stereocenters. The zero-order valence-corrected chi connectivity index (χ0v) is 16.7. The number of alkyl halides is 3. The Kier molecular flexibility index (Phi) is 6.36. The number of phenolic OH excluding ortho intramolecular Hbond substituents is 1. The minimum Gasteiger partial charge on any atom is -0.504 e. The fourth-order valence-electron chi connectivity index (χ4n) is 3.34. The summed E-state index contributed by atoms with van der Waals surface area (Å²) in [5.41, 5.74) is 1.35. The highest BCUT2D eigenvalue weighted by Gasteiger charge is 2.32. The van der Waals surface area contributed by atoms with Gasteiger partial charge in [0.05, 0.1) is 13.2 Å². The third kappa shape index (κ3) is 4.89. The number of phenols is 1. The van der Waals surface area contributed by atoms with E-state index in [1.807, 2.05) is 0 Å². The summed E-state index contributed by atoms with van der Waals surface area (Å²) in [5, 5.41) is 14.0. The number of nitrogens with zero attached hydrogens (tertiary/aromatic N) is 1. The number of nitrogens with one attached hydrogen (secondary N) is 1. The first kappa shape index (κ1) is 20.8. The summed E-state index contributed by atoms with van der Waals surface area (Å²) < 4.78 is 47.3. The van der Waals surface area contributed by atoms with Crippen LogP contribution >= 0.6 is 15.9 Å². The quantitative estimate of drug-likeness (QED) is 0.704. The predicted octanol–water partition coefficient (Wildman–Crippen LogP) is 4.06. The molecule has 1 aliphatic heterocycles. The molecule has 1 fully saturated rings. The van der Waals surface area contributed by atoms with E-state index in [1.165, 1.54) is 19.2 Å². The van der Waals surface area contributed by atoms with Crippen LogP contribution in [0.4, 0.5) is 13.2 Å². The molecule has 0 amide bonds. The number of halogens is 4. The summed E-state index contributed by atoms with van der Waals surface area (Å²) in [5.74, 6) is 0.0396. The van der Waals surface area contributed by atoms with Gasteiger partial charge in [-0.1, -0.05) is 28.1 Å². The van der Waals surface area contributed by atoms with Crippen molar-refractivity contribution >= 4 is 15.9 Å². The van der Waals surface area contributed by atoms with Crippen LogP contribution in [-0.4, -0.2) is 49.7 Å². The molecule has 2 N–H and O–H groups in total. The van der Waals surface area contributed by atoms with E-state index >= 15 is 0 Å². The van der Waals surface area contributed by atoms with Crippen molar-refractivity contribution in [1.29, 1.82) is 0 Å². The predicted molar refractivity (Wildman–Crippen MR) is 102 cm³/mol. The molecule has 1 heterocycles. The van der Waals surface area contributed by atoms with E-state index in [1.54, 1.807) is 24.3 Å². The number of hydrogen-bond acceptors (Lipinski definition) is 5. The van der Waals surface area contributed by atoms with Crippen LogP contribution in [-0.2, 0) is 0 Å². The molecule has 28 heavy (non-hydrogen) atoms. The summed E-state index contributed by atoms with van der Waals surface area (Å²) in [6, 6.07) is 8.84. The van der Waals surface area contributed by atoms with E-state index < -0.39 is 6.36 Å². The molecule has 5 nitrogen and oxygen atoms in total. The van der Waals surface area contributed by atoms with Crippen molar-refractivity contribution in [3.8, 4) is 17.2 Å². The Morgan fingerprint density at radius 3 is 2.36 bits per heavy atom. The smallest absolute Gasteiger partial charge is 0.504 e. The summed E-state index contributed by atoms with van der Waals surface area (Å²) in [7, 11) is 1.47. The van der Waals surface area contributed by atoms with Gasteiger partial charge in [0.1, 0.15) is 5.75 Å². The molecule has 3 rings (SSSR count). The zero-order valence-electron chi connectivity index (χ0n) is 15.1. The highest BCUT2D eigenvalue weighted by atomic mass is 79.9. The van der Waals surface area contributed by atoms with E-state index in [-0.39, 0.29) is 17.5 Å². The lowest BCUT2D eigenvalue weighted by molar-refractivity contribution is -0.274. The lowest BCUT2D eigenvalue weighted by atomic mass is 9.95. The Hall–Kier alpha value is -1.97. The van der Waals surface area contributed by atoms with Crippen LogP contribution in [0, 0.1) is 0 Å². The van der Waals surface area contributed by atoms with Crippen molar-refractivity contribution in [3.63, 3.8) is 0 Å². The van der Waals surface area contributed by atoms with E-state index in [4.69, 9.17) is 4.74 Å². The van der Waals surface area contributed by atoms with E-state index in [2.05, 4.69) is 30.9 Å². The normalized spacial score (nSPS) is 16.6. The topological polar surface area (TPSA) is 54.0 Å². The van der Waals surface area contributed by atoms with Gasteiger partial charge in [-0.3, -0.25) is 4.90 Å². The standard InChI is InChI=1S/C19H20BrF3N2O3/c1-27-16-11-13(20)10-15(18(16)26)17(25-8-6-24-7-9-25)12-2-4-14(5-3-12)28-19(21,22)23/h2-5,10-11,17,24,26H,6-9H2,1H3/t17-/m0/s1. The summed E-state index contributed by atoms with van der Waals surface area (Å²) in [6.45, 7) is 2.99. The molecule has 152 valence electrons. The van der Waals surface area contributed by atoms with Crippen LogP contribution in [0.2, 0.25) is 0 Å². The summed E-state index contributed by atoms with van der Waals surface area (Å²) in [4.78, 5) is 2.16. The third-order valence-corrected chi connectivity index (χ3v) is 4.99. The second kappa shape index (κ2) is 8.59. The fraction of sp³-hybridized carbons (Fsp3) is 0.368. The Balaban J connectivity index is 2.02. The van der Waals surface area contributed by atoms with E-state index in [0.717, 1.165) is 36.2 Å². The molecule has 2 aromatic carbocycles. The molecular weight excluding hydrogens is 441 g/mol. The van der Waals surface area contributed by atoms with Crippen LogP contribution in [0.3, 0.4) is 0 Å². The lowest BCUT2D eigenvalue weighted by Gasteiger charge is -2.36. The van der Waals surface area contributed by atoms with Gasteiger partial charge >= 0.3 is 6.36 Å². The number of methoxy groups -OCH3 is 1. The highest BCUT2D eigenvalue weighted by molar-refractivity contribution is 9.10. The van der Waals surface area contributed by atoms with Gasteiger partial charge in [0.25, 0.3) is 0 Å². The number of hydrogen-bond donors (Lipinski definition) is 2. The highest BCUT2D eigenvalue weighted by Crippen LogP contribution is 2.42. The maximum atomic E-state index is 12.4. The van der Waals surface area contributed by atoms with Gasteiger partial charge in [-0.2, -0.15) is 0 Å². The lowest BCUT2D eigenvalue weighted by Crippen LogP contribution is -2.45. The van der Waals surface area contributed by atoms with Crippen molar-refractivity contribution in [2.45, 2.75) is 12.4 Å². The number of ether oxygens (including phenoxy) is 2. The maximum absolute atomic E-state index is 12.4. The monoisotopic (exact) mass is 460 g/mol. The molecule has 0 bridgehead atoms. The van der Waals surface area contributed by atoms with Crippen LogP contribution in [0.25, 0.3) is 0 Å².